The maximum Gasteiger partial charge on any atom is 0.488 e. The second-order valence-electron chi connectivity index (χ2n) is 33.6. The zero-order valence-corrected chi connectivity index (χ0v) is 91.8. The van der Waals surface area contributed by atoms with Gasteiger partial charge >= 0.3 is 37.3 Å². The predicted molar refractivity (Wildman–Crippen MR) is 584 cm³/mol. The highest BCUT2D eigenvalue weighted by Gasteiger charge is 2.23. The molecule has 6 aromatic heterocycles. The number of carboxylic acid groups (broad SMARTS) is 1. The number of alkyl carbamates (subject to hydrolysis) is 1. The summed E-state index contributed by atoms with van der Waals surface area (Å²) in [7, 11) is 8.24. The van der Waals surface area contributed by atoms with E-state index in [0.29, 0.717) is 109 Å². The Morgan fingerprint density at radius 3 is 1.00 bits per heavy atom. The number of carbonyl (C=O) groups is 8. The zero-order valence-electron chi connectivity index (χ0n) is 83.7. The molecule has 0 bridgehead atoms. The number of nitrogens with two attached hydrogens (primary N) is 2. The third-order valence-electron chi connectivity index (χ3n) is 17.1. The van der Waals surface area contributed by atoms with Crippen molar-refractivity contribution in [3.63, 3.8) is 0 Å². The quantitative estimate of drug-likeness (QED) is 0.00454. The number of esters is 1. The number of anilines is 6. The molecule has 0 saturated heterocycles. The van der Waals surface area contributed by atoms with Crippen molar-refractivity contribution in [2.24, 2.45) is 5.73 Å². The topological polar surface area (TPSA) is 527 Å². The Labute approximate surface area is 889 Å². The number of rotatable bonds is 33. The van der Waals surface area contributed by atoms with Crippen LogP contribution in [0.2, 0.25) is 0 Å². The number of nitrogens with one attached hydrogen (secondary N) is 7. The number of nitriles is 1. The van der Waals surface area contributed by atoms with Gasteiger partial charge in [-0.2, -0.15) is 5.26 Å². The van der Waals surface area contributed by atoms with Gasteiger partial charge in [0.1, 0.15) is 112 Å². The lowest BCUT2D eigenvalue weighted by Crippen LogP contribution is -2.33. The highest BCUT2D eigenvalue weighted by molar-refractivity contribution is 9.11. The van der Waals surface area contributed by atoms with Crippen molar-refractivity contribution < 1.29 is 101 Å². The molecule has 784 valence electrons. The highest BCUT2D eigenvalue weighted by Crippen LogP contribution is 2.37. The summed E-state index contributed by atoms with van der Waals surface area (Å²) in [4.78, 5) is 117. The number of hydrogen-bond acceptors (Lipinski definition) is 36. The molecular weight excluding hydrogens is 2090 g/mol. The molecule has 0 radical (unpaired) electrons. The Kier molecular flexibility index (Phi) is 57.7. The van der Waals surface area contributed by atoms with Gasteiger partial charge in [-0.15, -0.1) is 24.8 Å². The summed E-state index contributed by atoms with van der Waals surface area (Å²) in [5, 5.41) is 61.4. The normalized spacial score (nSPS) is 10.4. The van der Waals surface area contributed by atoms with Gasteiger partial charge in [0, 0.05) is 73.0 Å². The number of nitrogens with zero attached hydrogens (tertiary/aromatic N) is 7. The number of halogens is 3. The van der Waals surface area contributed by atoms with Gasteiger partial charge in [0.15, 0.2) is 10.1 Å². The van der Waals surface area contributed by atoms with E-state index in [9.17, 15) is 38.4 Å². The highest BCUT2D eigenvalue weighted by atomic mass is 79.9. The Morgan fingerprint density at radius 2 is 0.690 bits per heavy atom. The summed E-state index contributed by atoms with van der Waals surface area (Å²) in [6.45, 7) is 23.1. The molecule has 6 aromatic carbocycles. The molecule has 37 nitrogen and oxygen atoms in total. The van der Waals surface area contributed by atoms with Crippen LogP contribution in [0.15, 0.2) is 187 Å². The number of carboxylic acids is 1. The second-order valence-corrected chi connectivity index (χ2v) is 41.1. The minimum absolute atomic E-state index is 0. The number of unbranched alkanes of at least 4 members (excludes halogenated alkanes) is 1. The van der Waals surface area contributed by atoms with Crippen molar-refractivity contribution in [3.8, 4) is 93.5 Å². The maximum absolute atomic E-state index is 12.0. The van der Waals surface area contributed by atoms with Crippen molar-refractivity contribution in [1.82, 2.24) is 40.5 Å². The number of aliphatic carboxylic acids is 1. The predicted octanol–water partition coefficient (Wildman–Crippen LogP) is 21.2. The second kappa shape index (κ2) is 66.2. The summed E-state index contributed by atoms with van der Waals surface area (Å²) >= 11 is 11.6. The fraction of sp³-hybridized carbons (Fsp3) is 0.357. The van der Waals surface area contributed by atoms with Crippen LogP contribution in [0.4, 0.5) is 44.4 Å². The summed E-state index contributed by atoms with van der Waals surface area (Å²) in [5.41, 5.74) is 14.3. The van der Waals surface area contributed by atoms with Gasteiger partial charge in [-0.1, -0.05) is 141 Å². The van der Waals surface area contributed by atoms with E-state index in [1.807, 2.05) is 190 Å². The molecule has 0 aliphatic heterocycles. The SMILES string of the molecule is CC(C)(C)OC(=O)CCCCC(=O)O.CC(C)(C)OC(=O)Nc1cnc(Br)s1.COc1cccc(-c2ncc(N)s2)c1.COc1cccc(-c2ncc(NC(=O)CCCN)s2)c1.COc1cccc(-c2ncc(NC(=O)CCCNC#N)s2)c1.COc1cccc(-c2ncc(NC(=O)CCCNC(=O)OC(C)(C)C)s2)c1.COc1cccc(-c2ncc(NC(=O)OC(C)(C)C)s2)c1.COc1cccc(B(O)O)c1.Cl.Cl. The van der Waals surface area contributed by atoms with Crippen LogP contribution in [-0.2, 0) is 42.9 Å². The van der Waals surface area contributed by atoms with Crippen LogP contribution in [0.5, 0.6) is 34.5 Å². The van der Waals surface area contributed by atoms with Gasteiger partial charge < -0.3 is 101 Å². The molecule has 0 fully saturated rings. The number of carbonyl (C=O) groups excluding carboxylic acids is 7. The average Bonchev–Trinajstić information content (AvgIpc) is 1.78. The number of hydrogen-bond donors (Lipinski definition) is 12. The smallest absolute Gasteiger partial charge is 0.488 e. The number of methoxy groups -OCH3 is 6. The van der Waals surface area contributed by atoms with Gasteiger partial charge in [0.05, 0.1) is 79.8 Å². The van der Waals surface area contributed by atoms with Crippen LogP contribution in [0.1, 0.15) is 147 Å². The lowest BCUT2D eigenvalue weighted by atomic mass is 9.80. The summed E-state index contributed by atoms with van der Waals surface area (Å²) < 4.78 is 52.0. The summed E-state index contributed by atoms with van der Waals surface area (Å²) in [6.07, 6.45) is 14.6. The monoisotopic (exact) mass is 2210 g/mol. The molecule has 12 aromatic rings. The lowest BCUT2D eigenvalue weighted by molar-refractivity contribution is -0.155. The van der Waals surface area contributed by atoms with Crippen LogP contribution in [-0.4, -0.2) is 185 Å². The van der Waals surface area contributed by atoms with Crippen molar-refractivity contribution >= 4 is 199 Å². The third kappa shape index (κ3) is 54.1. The van der Waals surface area contributed by atoms with Gasteiger partial charge in [0.2, 0.25) is 17.7 Å². The average molecular weight is 2220 g/mol. The van der Waals surface area contributed by atoms with Crippen LogP contribution in [0.3, 0.4) is 0 Å². The molecule has 0 aliphatic carbocycles. The van der Waals surface area contributed by atoms with Crippen LogP contribution >= 0.6 is 109 Å². The molecule has 6 heterocycles. The largest absolute Gasteiger partial charge is 0.497 e. The van der Waals surface area contributed by atoms with Crippen LogP contribution in [0, 0.1) is 11.5 Å². The number of benzene rings is 6. The van der Waals surface area contributed by atoms with Gasteiger partial charge in [-0.25, -0.2) is 44.3 Å². The van der Waals surface area contributed by atoms with Gasteiger partial charge in [0.25, 0.3) is 0 Å². The molecule has 47 heteroatoms. The Hall–Kier alpha value is -12.8. The fourth-order valence-corrected chi connectivity index (χ4v) is 16.0. The van der Waals surface area contributed by atoms with Gasteiger partial charge in [-0.3, -0.25) is 34.6 Å². The minimum atomic E-state index is -1.43. The number of aromatic nitrogens is 6. The zero-order chi connectivity index (χ0) is 106. The van der Waals surface area contributed by atoms with E-state index < -0.39 is 53.8 Å². The van der Waals surface area contributed by atoms with Crippen molar-refractivity contribution in [2.45, 2.75) is 170 Å². The van der Waals surface area contributed by atoms with E-state index in [2.05, 4.69) is 83.1 Å². The first-order valence-electron chi connectivity index (χ1n) is 44.3. The molecule has 0 aliphatic rings. The number of nitrogen functional groups attached to an aromatic ring is 1. The van der Waals surface area contributed by atoms with Crippen LogP contribution < -0.4 is 82.6 Å². The van der Waals surface area contributed by atoms with E-state index in [1.165, 1.54) is 75.1 Å². The van der Waals surface area contributed by atoms with Crippen molar-refractivity contribution in [1.29, 1.82) is 5.26 Å². The first-order chi connectivity index (χ1) is 67.8. The Bertz CT molecular complexity index is 6000. The first-order valence-corrected chi connectivity index (χ1v) is 50.0. The summed E-state index contributed by atoms with van der Waals surface area (Å²) in [5.74, 6) is 3.20. The van der Waals surface area contributed by atoms with Gasteiger partial charge in [-0.05, 0) is 216 Å². The maximum atomic E-state index is 12.0. The number of thiazole rings is 6. The number of amides is 6. The minimum Gasteiger partial charge on any atom is -0.497 e. The molecule has 0 atom stereocenters. The molecule has 145 heavy (non-hydrogen) atoms. The fourth-order valence-electron chi connectivity index (χ4n) is 10.9. The molecule has 6 amide bonds. The van der Waals surface area contributed by atoms with E-state index in [1.54, 1.807) is 118 Å². The van der Waals surface area contributed by atoms with E-state index in [0.717, 1.165) is 95.5 Å². The Balaban J connectivity index is 0.000000431. The molecule has 0 unspecified atom stereocenters. The van der Waals surface area contributed by atoms with Crippen molar-refractivity contribution in [2.75, 3.05) is 94.6 Å². The standard InChI is InChI=1S/C19H25N3O4S.C15H16N4O2S.C15H18N2O3S.C14H17N3O2S.C10H10N2OS.C10H18O4.C8H11BrN2O2S.C7H9BO3.2ClH/c1-19(2,3)26-18(24)20-10-6-9-15(23)22-16-12-21-17(27-16)13-7-5-8-14(11-13)25-4;1-21-12-5-2-4-11(8-12)15-18-9-14(22-15)19-13(20)6-3-7-17-10-16;1-15(2,3)20-14(18)17-12-9-16-13(21-12)10-6-5-7-11(8-10)19-4;1-19-11-5-2-4-10(8-11)14-16-9-13(20-14)17-12(18)6-3-7-15;1-13-8-4-2-3-7(5-8)10-12-6-9(11)14-10;1-10(2,3)14-9(13)7-5-4-6-8(11)12;1-8(2,3)13-7(12)11-5-4-10-6(9)14-5;1-11-7-4-2-3-6(5-7)8(9)10;;/h5,7-8,11-12H,6,9-10H2,1-4H3,(H,20,24)(H,22,23);2,4-5,8-9,17H,3,6-7H2,1H3,(H,19,20);5-9H,1-4H3,(H,17,18);2,4-5,8-9H,3,6-7,15H2,1H3,(H,17,18);2-6H,11H2,1H3;4-7H2,1-3H3,(H,11,12);4H,1-3H3,(H,11,12);2-5,9-10H,1H3;2*1H. The molecule has 14 N–H and O–H groups in total. The summed E-state index contributed by atoms with van der Waals surface area (Å²) in [6, 6.07) is 44.9. The molecule has 12 rings (SSSR count). The van der Waals surface area contributed by atoms with E-state index >= 15 is 0 Å². The molecular formula is C98H126BBrCl2N16O21S6. The molecule has 0 saturated carbocycles. The number of ether oxygens (including phenoxy) is 10. The van der Waals surface area contributed by atoms with Crippen LogP contribution in [0.25, 0.3) is 52.9 Å². The van der Waals surface area contributed by atoms with E-state index in [-0.39, 0.29) is 54.9 Å². The first kappa shape index (κ1) is 126. The van der Waals surface area contributed by atoms with Crippen molar-refractivity contribution in [3.05, 3.63) is 187 Å². The van der Waals surface area contributed by atoms with E-state index in [4.69, 9.17) is 79.3 Å². The Morgan fingerprint density at radius 1 is 0.386 bits per heavy atom. The third-order valence-corrected chi connectivity index (χ3v) is 23.2. The molecule has 0 spiro atoms. The lowest BCUT2D eigenvalue weighted by Gasteiger charge is -2.19.